The zero-order valence-corrected chi connectivity index (χ0v) is 17.8. The number of carbonyl (C=O) groups excluding carboxylic acids is 1. The second-order valence-electron chi connectivity index (χ2n) is 5.82. The van der Waals surface area contributed by atoms with Crippen LogP contribution in [0.15, 0.2) is 47.5 Å². The molecule has 0 fully saturated rings. The van der Waals surface area contributed by atoms with Gasteiger partial charge in [-0.15, -0.1) is 24.0 Å². The number of benzene rings is 2. The maximum absolute atomic E-state index is 13.9. The number of nitrogens with one attached hydrogen (secondary N) is 3. The molecule has 0 heterocycles. The molecule has 28 heavy (non-hydrogen) atoms. The maximum Gasteiger partial charge on any atom is 0.246 e. The van der Waals surface area contributed by atoms with Crippen molar-refractivity contribution in [2.75, 3.05) is 18.4 Å². The number of phenolic OH excluding ortho intramolecular Hbond substituents is 1. The van der Waals surface area contributed by atoms with E-state index in [0.29, 0.717) is 18.2 Å². The van der Waals surface area contributed by atoms with Gasteiger partial charge in [0, 0.05) is 23.9 Å². The summed E-state index contributed by atoms with van der Waals surface area (Å²) in [7, 11) is 0. The molecule has 2 rings (SSSR count). The zero-order chi connectivity index (χ0) is 19.8. The number of amides is 1. The molecule has 0 radical (unpaired) electrons. The Balaban J connectivity index is 0.00000392. The fraction of sp³-hybridized carbons (Fsp3) is 0.263. The van der Waals surface area contributed by atoms with Crippen LogP contribution in [0.2, 0.25) is 0 Å². The Morgan fingerprint density at radius 2 is 1.86 bits per heavy atom. The highest BCUT2D eigenvalue weighted by Crippen LogP contribution is 2.17. The second-order valence-corrected chi connectivity index (χ2v) is 5.82. The van der Waals surface area contributed by atoms with E-state index in [0.717, 1.165) is 6.07 Å². The molecule has 0 aliphatic carbocycles. The molecular formula is C19H23F2IN4O2. The number of carbonyl (C=O) groups is 1. The molecular weight excluding hydrogens is 481 g/mol. The number of hydrogen-bond donors (Lipinski definition) is 4. The van der Waals surface area contributed by atoms with E-state index in [1.54, 1.807) is 19.1 Å². The maximum atomic E-state index is 13.9. The molecule has 0 saturated heterocycles. The summed E-state index contributed by atoms with van der Waals surface area (Å²) in [5.74, 6) is -1.22. The van der Waals surface area contributed by atoms with Gasteiger partial charge in [-0.2, -0.15) is 0 Å². The smallest absolute Gasteiger partial charge is 0.246 e. The van der Waals surface area contributed by atoms with Crippen molar-refractivity contribution in [2.45, 2.75) is 19.9 Å². The van der Waals surface area contributed by atoms with Gasteiger partial charge in [0.1, 0.15) is 23.9 Å². The van der Waals surface area contributed by atoms with E-state index in [-0.39, 0.29) is 47.7 Å². The average molecular weight is 504 g/mol. The minimum atomic E-state index is -0.657. The normalized spacial score (nSPS) is 11.9. The van der Waals surface area contributed by atoms with Crippen LogP contribution in [0.5, 0.6) is 5.75 Å². The summed E-state index contributed by atoms with van der Waals surface area (Å²) in [5.41, 5.74) is 0.822. The van der Waals surface area contributed by atoms with Crippen LogP contribution in [0, 0.1) is 11.6 Å². The van der Waals surface area contributed by atoms with Crippen LogP contribution in [0.1, 0.15) is 25.5 Å². The molecule has 0 saturated carbocycles. The Labute approximate surface area is 179 Å². The molecule has 4 N–H and O–H groups in total. The van der Waals surface area contributed by atoms with E-state index in [2.05, 4.69) is 20.9 Å². The number of nitrogens with zero attached hydrogens (tertiary/aromatic N) is 1. The van der Waals surface area contributed by atoms with Crippen LogP contribution in [-0.4, -0.2) is 30.1 Å². The fourth-order valence-electron chi connectivity index (χ4n) is 2.35. The van der Waals surface area contributed by atoms with Crippen molar-refractivity contribution in [1.82, 2.24) is 10.6 Å². The van der Waals surface area contributed by atoms with Gasteiger partial charge in [-0.3, -0.25) is 4.79 Å². The van der Waals surface area contributed by atoms with Gasteiger partial charge >= 0.3 is 0 Å². The molecule has 1 atom stereocenters. The standard InChI is InChI=1S/C19H22F2N4O2.HI/c1-3-22-19(24-12(2)16-9-4-13(20)10-17(16)21)23-11-18(27)25-14-5-7-15(26)8-6-14;/h4-10,12,26H,3,11H2,1-2H3,(H,25,27)(H2,22,23,24);1H. The summed E-state index contributed by atoms with van der Waals surface area (Å²) in [6, 6.07) is 8.95. The van der Waals surface area contributed by atoms with Gasteiger partial charge in [0.05, 0.1) is 6.04 Å². The molecule has 2 aromatic carbocycles. The first-order valence-corrected chi connectivity index (χ1v) is 8.47. The average Bonchev–Trinajstić information content (AvgIpc) is 2.61. The minimum Gasteiger partial charge on any atom is -0.508 e. The first-order chi connectivity index (χ1) is 12.9. The molecule has 0 bridgehead atoms. The lowest BCUT2D eigenvalue weighted by atomic mass is 10.1. The largest absolute Gasteiger partial charge is 0.508 e. The Bertz CT molecular complexity index is 816. The van der Waals surface area contributed by atoms with Crippen molar-refractivity contribution in [3.8, 4) is 5.75 Å². The first kappa shape index (κ1) is 23.6. The quantitative estimate of drug-likeness (QED) is 0.210. The third kappa shape index (κ3) is 7.29. The summed E-state index contributed by atoms with van der Waals surface area (Å²) in [5, 5.41) is 17.8. The van der Waals surface area contributed by atoms with Gasteiger partial charge in [0.2, 0.25) is 5.91 Å². The van der Waals surface area contributed by atoms with E-state index < -0.39 is 17.7 Å². The van der Waals surface area contributed by atoms with Crippen LogP contribution >= 0.6 is 24.0 Å². The van der Waals surface area contributed by atoms with E-state index in [1.807, 2.05) is 6.92 Å². The van der Waals surface area contributed by atoms with Crippen LogP contribution in [0.3, 0.4) is 0 Å². The number of aromatic hydroxyl groups is 1. The number of guanidine groups is 1. The van der Waals surface area contributed by atoms with Crippen LogP contribution in [-0.2, 0) is 4.79 Å². The van der Waals surface area contributed by atoms with Crippen molar-refractivity contribution in [3.05, 3.63) is 59.7 Å². The summed E-state index contributed by atoms with van der Waals surface area (Å²) >= 11 is 0. The van der Waals surface area contributed by atoms with Gasteiger partial charge in [-0.05, 0) is 44.2 Å². The lowest BCUT2D eigenvalue weighted by Gasteiger charge is -2.18. The Hall–Kier alpha value is -2.43. The SMILES string of the molecule is CCNC(=NCC(=O)Nc1ccc(O)cc1)NC(C)c1ccc(F)cc1F.I. The minimum absolute atomic E-state index is 0. The number of hydrogen-bond acceptors (Lipinski definition) is 3. The first-order valence-electron chi connectivity index (χ1n) is 8.47. The molecule has 6 nitrogen and oxygen atoms in total. The summed E-state index contributed by atoms with van der Waals surface area (Å²) < 4.78 is 26.9. The predicted molar refractivity (Wildman–Crippen MR) is 116 cm³/mol. The summed E-state index contributed by atoms with van der Waals surface area (Å²) in [6.07, 6.45) is 0. The Morgan fingerprint density at radius 3 is 2.46 bits per heavy atom. The molecule has 0 aromatic heterocycles. The molecule has 0 aliphatic heterocycles. The molecule has 152 valence electrons. The molecule has 2 aromatic rings. The van der Waals surface area contributed by atoms with Crippen LogP contribution in [0.4, 0.5) is 14.5 Å². The lowest BCUT2D eigenvalue weighted by molar-refractivity contribution is -0.114. The van der Waals surface area contributed by atoms with Gasteiger partial charge in [-0.25, -0.2) is 13.8 Å². The van der Waals surface area contributed by atoms with Gasteiger partial charge in [-0.1, -0.05) is 6.07 Å². The second kappa shape index (κ2) is 11.4. The Morgan fingerprint density at radius 1 is 1.18 bits per heavy atom. The molecule has 9 heteroatoms. The fourth-order valence-corrected chi connectivity index (χ4v) is 2.35. The number of halogens is 3. The van der Waals surface area contributed by atoms with Crippen LogP contribution < -0.4 is 16.0 Å². The van der Waals surface area contributed by atoms with E-state index in [1.165, 1.54) is 24.3 Å². The van der Waals surface area contributed by atoms with E-state index in [9.17, 15) is 18.7 Å². The third-order valence-electron chi connectivity index (χ3n) is 3.66. The topological polar surface area (TPSA) is 85.8 Å². The van der Waals surface area contributed by atoms with Crippen LogP contribution in [0.25, 0.3) is 0 Å². The number of phenols is 1. The molecule has 0 spiro atoms. The monoisotopic (exact) mass is 504 g/mol. The highest BCUT2D eigenvalue weighted by molar-refractivity contribution is 14.0. The third-order valence-corrected chi connectivity index (χ3v) is 3.66. The van der Waals surface area contributed by atoms with Crippen molar-refractivity contribution in [2.24, 2.45) is 4.99 Å². The highest BCUT2D eigenvalue weighted by atomic mass is 127. The Kier molecular flexibility index (Phi) is 9.63. The summed E-state index contributed by atoms with van der Waals surface area (Å²) in [6.45, 7) is 3.95. The zero-order valence-electron chi connectivity index (χ0n) is 15.5. The molecule has 1 amide bonds. The van der Waals surface area contributed by atoms with Gasteiger partial charge in [0.15, 0.2) is 5.96 Å². The van der Waals surface area contributed by atoms with Crippen molar-refractivity contribution >= 4 is 41.5 Å². The molecule has 1 unspecified atom stereocenters. The van der Waals surface area contributed by atoms with Crippen molar-refractivity contribution in [1.29, 1.82) is 0 Å². The van der Waals surface area contributed by atoms with Crippen molar-refractivity contribution < 1.29 is 18.7 Å². The van der Waals surface area contributed by atoms with Crippen molar-refractivity contribution in [3.63, 3.8) is 0 Å². The molecule has 0 aliphatic rings. The highest BCUT2D eigenvalue weighted by Gasteiger charge is 2.13. The number of aliphatic imine (C=N–C) groups is 1. The predicted octanol–water partition coefficient (Wildman–Crippen LogP) is 3.54. The summed E-state index contributed by atoms with van der Waals surface area (Å²) in [4.78, 5) is 16.2. The number of anilines is 1. The van der Waals surface area contributed by atoms with Gasteiger partial charge < -0.3 is 21.1 Å². The van der Waals surface area contributed by atoms with E-state index in [4.69, 9.17) is 0 Å². The number of rotatable bonds is 6. The van der Waals surface area contributed by atoms with Gasteiger partial charge in [0.25, 0.3) is 0 Å². The van der Waals surface area contributed by atoms with E-state index >= 15 is 0 Å². The lowest BCUT2D eigenvalue weighted by Crippen LogP contribution is -2.39.